The van der Waals surface area contributed by atoms with Gasteiger partial charge >= 0.3 is 30.0 Å². The predicted octanol–water partition coefficient (Wildman–Crippen LogP) is 8.91. The van der Waals surface area contributed by atoms with Crippen molar-refractivity contribution in [1.82, 2.24) is 0 Å². The molecular weight excluding hydrogens is 877 g/mol. The van der Waals surface area contributed by atoms with E-state index in [0.717, 1.165) is 27.8 Å². The Morgan fingerprint density at radius 2 is 0.985 bits per heavy atom. The average molecular weight is 931 g/mol. The number of esters is 4. The minimum absolute atomic E-state index is 0.0573. The van der Waals surface area contributed by atoms with E-state index in [-0.39, 0.29) is 68.7 Å². The van der Waals surface area contributed by atoms with E-state index in [1.807, 2.05) is 78.9 Å². The SMILES string of the molecule is C=C(C)C(=O)OCC(COC(=O)C(=C)C)(COC(=O)C(=C)CC1COC(=O)OC1)COc1ccc(-c2ccc(OCCOc3ccc(-c4ccc5c(c4)OCC5OC(=O)C(=C)C)cc3)cc2)cc1. The summed E-state index contributed by atoms with van der Waals surface area (Å²) in [5.74, 6) is -0.445. The molecule has 0 N–H and O–H groups in total. The monoisotopic (exact) mass is 930 g/mol. The molecule has 0 spiro atoms. The molecule has 1 saturated heterocycles. The van der Waals surface area contributed by atoms with Crippen molar-refractivity contribution in [2.24, 2.45) is 11.3 Å². The van der Waals surface area contributed by atoms with E-state index in [2.05, 4.69) is 26.3 Å². The van der Waals surface area contributed by atoms with Gasteiger partial charge in [0.1, 0.15) is 87.9 Å². The van der Waals surface area contributed by atoms with Gasteiger partial charge in [0.2, 0.25) is 0 Å². The van der Waals surface area contributed by atoms with E-state index in [0.29, 0.717) is 41.8 Å². The molecule has 0 radical (unpaired) electrons. The van der Waals surface area contributed by atoms with Gasteiger partial charge in [-0.05, 0) is 91.9 Å². The summed E-state index contributed by atoms with van der Waals surface area (Å²) in [7, 11) is 0. The smallest absolute Gasteiger partial charge is 0.493 e. The summed E-state index contributed by atoms with van der Waals surface area (Å²) in [4.78, 5) is 61.5. The number of rotatable bonds is 23. The fourth-order valence-corrected chi connectivity index (χ4v) is 6.74. The zero-order chi connectivity index (χ0) is 48.8. The number of carbonyl (C=O) groups is 5. The highest BCUT2D eigenvalue weighted by atomic mass is 16.7. The Morgan fingerprint density at radius 1 is 0.544 bits per heavy atom. The molecule has 2 aliphatic rings. The van der Waals surface area contributed by atoms with Crippen molar-refractivity contribution >= 4 is 30.0 Å². The van der Waals surface area contributed by atoms with Gasteiger partial charge in [-0.1, -0.05) is 74.8 Å². The van der Waals surface area contributed by atoms with E-state index < -0.39 is 48.2 Å². The lowest BCUT2D eigenvalue weighted by Gasteiger charge is -2.32. The van der Waals surface area contributed by atoms with Crippen LogP contribution in [0.25, 0.3) is 22.3 Å². The molecule has 1 fully saturated rings. The molecule has 356 valence electrons. The van der Waals surface area contributed by atoms with Crippen molar-refractivity contribution in [1.29, 1.82) is 0 Å². The van der Waals surface area contributed by atoms with Crippen molar-refractivity contribution in [2.75, 3.05) is 59.5 Å². The normalized spacial score (nSPS) is 14.1. The second kappa shape index (κ2) is 23.1. The maximum absolute atomic E-state index is 13.1. The number of ether oxygens (including phenoxy) is 10. The highest BCUT2D eigenvalue weighted by molar-refractivity contribution is 5.89. The topological polar surface area (TPSA) is 178 Å². The van der Waals surface area contributed by atoms with Crippen molar-refractivity contribution in [3.8, 4) is 45.3 Å². The number of benzene rings is 4. The van der Waals surface area contributed by atoms with Gasteiger partial charge in [-0.25, -0.2) is 24.0 Å². The highest BCUT2D eigenvalue weighted by Crippen LogP contribution is 2.38. The van der Waals surface area contributed by atoms with Crippen LogP contribution in [0.1, 0.15) is 38.9 Å². The number of fused-ring (bicyclic) bond motifs is 1. The molecule has 1 unspecified atom stereocenters. The summed E-state index contributed by atoms with van der Waals surface area (Å²) in [6.45, 7) is 19.0. The van der Waals surface area contributed by atoms with Gasteiger partial charge < -0.3 is 47.4 Å². The lowest BCUT2D eigenvalue weighted by Crippen LogP contribution is -2.44. The van der Waals surface area contributed by atoms with Crippen LogP contribution >= 0.6 is 0 Å². The van der Waals surface area contributed by atoms with Crippen LogP contribution in [-0.4, -0.2) is 89.5 Å². The van der Waals surface area contributed by atoms with E-state index in [1.54, 1.807) is 19.1 Å². The third-order valence-corrected chi connectivity index (χ3v) is 10.7. The first-order valence-electron chi connectivity index (χ1n) is 21.7. The number of hydrogen-bond acceptors (Lipinski definition) is 15. The molecule has 1 atom stereocenters. The Bertz CT molecular complexity index is 2480. The molecule has 2 heterocycles. The fraction of sp³-hybridized carbons (Fsp3) is 0.302. The first-order valence-corrected chi connectivity index (χ1v) is 21.7. The molecule has 68 heavy (non-hydrogen) atoms. The molecule has 0 aromatic heterocycles. The van der Waals surface area contributed by atoms with Gasteiger partial charge in [0, 0.05) is 33.8 Å². The van der Waals surface area contributed by atoms with E-state index in [4.69, 9.17) is 47.4 Å². The molecule has 4 aromatic carbocycles. The Morgan fingerprint density at radius 3 is 1.47 bits per heavy atom. The average Bonchev–Trinajstić information content (AvgIpc) is 3.74. The summed E-state index contributed by atoms with van der Waals surface area (Å²) in [5.41, 5.74) is 3.88. The molecule has 15 nitrogen and oxygen atoms in total. The van der Waals surface area contributed by atoms with E-state index >= 15 is 0 Å². The lowest BCUT2D eigenvalue weighted by atomic mass is 9.91. The first-order chi connectivity index (χ1) is 32.6. The van der Waals surface area contributed by atoms with Gasteiger partial charge in [0.15, 0.2) is 6.10 Å². The van der Waals surface area contributed by atoms with Crippen LogP contribution in [0.3, 0.4) is 0 Å². The summed E-state index contributed by atoms with van der Waals surface area (Å²) in [6.07, 6.45) is -1.11. The Labute approximate surface area is 394 Å². The third kappa shape index (κ3) is 13.9. The molecule has 0 saturated carbocycles. The maximum atomic E-state index is 13.1. The second-order valence-corrected chi connectivity index (χ2v) is 16.6. The van der Waals surface area contributed by atoms with Gasteiger partial charge in [0.25, 0.3) is 0 Å². The summed E-state index contributed by atoms with van der Waals surface area (Å²) >= 11 is 0. The van der Waals surface area contributed by atoms with Gasteiger partial charge in [-0.3, -0.25) is 0 Å². The van der Waals surface area contributed by atoms with E-state index in [1.165, 1.54) is 13.8 Å². The fourth-order valence-electron chi connectivity index (χ4n) is 6.74. The number of hydrogen-bond donors (Lipinski definition) is 0. The molecular formula is C53H54O15. The van der Waals surface area contributed by atoms with Crippen LogP contribution in [0.15, 0.2) is 140 Å². The van der Waals surface area contributed by atoms with Crippen LogP contribution in [0.2, 0.25) is 0 Å². The predicted molar refractivity (Wildman–Crippen MR) is 249 cm³/mol. The van der Waals surface area contributed by atoms with Crippen molar-refractivity contribution < 1.29 is 71.3 Å². The summed E-state index contributed by atoms with van der Waals surface area (Å²) in [6, 6.07) is 28.3. The molecule has 15 heteroatoms. The molecule has 0 bridgehead atoms. The van der Waals surface area contributed by atoms with Crippen molar-refractivity contribution in [3.63, 3.8) is 0 Å². The lowest BCUT2D eigenvalue weighted by molar-refractivity contribution is -0.159. The van der Waals surface area contributed by atoms with Gasteiger partial charge in [-0.15, -0.1) is 0 Å². The Hall–Kier alpha value is -7.81. The number of carbonyl (C=O) groups excluding carboxylic acids is 5. The Balaban J connectivity index is 1.01. The maximum Gasteiger partial charge on any atom is 0.508 e. The number of cyclic esters (lactones) is 2. The highest BCUT2D eigenvalue weighted by Gasteiger charge is 2.38. The van der Waals surface area contributed by atoms with Crippen LogP contribution < -0.4 is 18.9 Å². The third-order valence-electron chi connectivity index (χ3n) is 10.7. The zero-order valence-corrected chi connectivity index (χ0v) is 38.3. The van der Waals surface area contributed by atoms with Crippen LogP contribution in [0.4, 0.5) is 4.79 Å². The Kier molecular flexibility index (Phi) is 16.8. The molecule has 2 aliphatic heterocycles. The van der Waals surface area contributed by atoms with Crippen LogP contribution in [-0.2, 0) is 47.6 Å². The van der Waals surface area contributed by atoms with Gasteiger partial charge in [0.05, 0.1) is 0 Å². The molecule has 0 amide bonds. The van der Waals surface area contributed by atoms with Crippen molar-refractivity contribution in [3.05, 3.63) is 145 Å². The van der Waals surface area contributed by atoms with Crippen LogP contribution in [0, 0.1) is 11.3 Å². The molecule has 4 aromatic rings. The quantitative estimate of drug-likeness (QED) is 0.0298. The second-order valence-electron chi connectivity index (χ2n) is 16.6. The zero-order valence-electron chi connectivity index (χ0n) is 38.3. The van der Waals surface area contributed by atoms with Crippen LogP contribution in [0.5, 0.6) is 23.0 Å². The first kappa shape index (κ1) is 49.6. The molecule has 6 rings (SSSR count). The molecule has 0 aliphatic carbocycles. The largest absolute Gasteiger partial charge is 0.508 e. The standard InChI is InChI=1S/C53H54O15/c1-33(2)48(54)65-30-53(31-66-49(55)34(3)4,32-67-51(57)36(7)24-37-26-62-52(58)63-27-37)29-64-44-19-10-39(11-20-44)38-8-15-42(16-9-38)59-22-23-60-43-17-12-40(13-18-43)41-14-21-45-46(25-41)61-28-47(45)68-50(56)35(5)6/h8-21,25,37,47H,1,3,5,7,22-24,26-32H2,2,4,6H3. The minimum Gasteiger partial charge on any atom is -0.493 e. The minimum atomic E-state index is -1.38. The van der Waals surface area contributed by atoms with Gasteiger partial charge in [-0.2, -0.15) is 0 Å². The van der Waals surface area contributed by atoms with E-state index in [9.17, 15) is 24.0 Å². The van der Waals surface area contributed by atoms with Crippen molar-refractivity contribution in [2.45, 2.75) is 33.3 Å². The summed E-state index contributed by atoms with van der Waals surface area (Å²) in [5, 5.41) is 0. The summed E-state index contributed by atoms with van der Waals surface area (Å²) < 4.78 is 55.8.